The minimum atomic E-state index is 0.725. The van der Waals surface area contributed by atoms with E-state index < -0.39 is 0 Å². The molecule has 1 atom stereocenters. The number of likely N-dealkylation sites (tertiary alicyclic amines) is 1. The summed E-state index contributed by atoms with van der Waals surface area (Å²) in [7, 11) is 0. The molecule has 0 saturated carbocycles. The molecule has 1 aliphatic heterocycles. The minimum absolute atomic E-state index is 0.725. The van der Waals surface area contributed by atoms with Gasteiger partial charge >= 0.3 is 0 Å². The molecule has 0 spiro atoms. The number of alkyl halides is 1. The number of hydrogen-bond acceptors (Lipinski definition) is 2. The highest BCUT2D eigenvalue weighted by Crippen LogP contribution is 2.17. The van der Waals surface area contributed by atoms with Gasteiger partial charge in [0.15, 0.2) is 0 Å². The van der Waals surface area contributed by atoms with Crippen molar-refractivity contribution in [1.82, 2.24) is 9.88 Å². The van der Waals surface area contributed by atoms with Crippen LogP contribution in [0.1, 0.15) is 18.4 Å². The smallest absolute Gasteiger partial charge is 0.0270 e. The summed E-state index contributed by atoms with van der Waals surface area (Å²) in [4.78, 5) is 6.56. The average Bonchev–Trinajstić information content (AvgIpc) is 2.78. The SMILES string of the molecule is ClCC1CCN(CCCc2ccncc2)C1. The zero-order valence-electron chi connectivity index (χ0n) is 9.61. The van der Waals surface area contributed by atoms with E-state index in [1.165, 1.54) is 38.0 Å². The van der Waals surface area contributed by atoms with Crippen LogP contribution in [0.2, 0.25) is 0 Å². The van der Waals surface area contributed by atoms with Gasteiger partial charge in [-0.3, -0.25) is 4.98 Å². The molecular formula is C13H19ClN2. The van der Waals surface area contributed by atoms with Gasteiger partial charge in [0.05, 0.1) is 0 Å². The van der Waals surface area contributed by atoms with Crippen LogP contribution in [0.4, 0.5) is 0 Å². The maximum atomic E-state index is 5.87. The Kier molecular flexibility index (Phi) is 4.61. The third-order valence-electron chi connectivity index (χ3n) is 3.28. The molecule has 2 heterocycles. The second kappa shape index (κ2) is 6.21. The van der Waals surface area contributed by atoms with Gasteiger partial charge in [-0.05, 0) is 56.0 Å². The van der Waals surface area contributed by atoms with Crippen LogP contribution < -0.4 is 0 Å². The Labute approximate surface area is 103 Å². The van der Waals surface area contributed by atoms with Crippen LogP contribution in [0.5, 0.6) is 0 Å². The van der Waals surface area contributed by atoms with Crippen LogP contribution in [-0.2, 0) is 6.42 Å². The maximum Gasteiger partial charge on any atom is 0.0270 e. The lowest BCUT2D eigenvalue weighted by atomic mass is 10.1. The third-order valence-corrected chi connectivity index (χ3v) is 3.71. The second-order valence-electron chi connectivity index (χ2n) is 4.57. The quantitative estimate of drug-likeness (QED) is 0.733. The molecule has 1 aromatic rings. The molecule has 0 N–H and O–H groups in total. The summed E-state index contributed by atoms with van der Waals surface area (Å²) in [6, 6.07) is 4.21. The first-order valence-corrected chi connectivity index (χ1v) is 6.59. The van der Waals surface area contributed by atoms with Crippen LogP contribution in [-0.4, -0.2) is 35.4 Å². The zero-order chi connectivity index (χ0) is 11.2. The van der Waals surface area contributed by atoms with Crippen molar-refractivity contribution in [3.8, 4) is 0 Å². The van der Waals surface area contributed by atoms with Crippen LogP contribution in [0.3, 0.4) is 0 Å². The zero-order valence-corrected chi connectivity index (χ0v) is 10.4. The molecule has 2 nitrogen and oxygen atoms in total. The van der Waals surface area contributed by atoms with Crippen molar-refractivity contribution in [3.63, 3.8) is 0 Å². The largest absolute Gasteiger partial charge is 0.303 e. The van der Waals surface area contributed by atoms with Crippen molar-refractivity contribution in [2.24, 2.45) is 5.92 Å². The number of aromatic nitrogens is 1. The Balaban J connectivity index is 1.65. The first-order chi connectivity index (χ1) is 7.88. The molecule has 1 saturated heterocycles. The summed E-state index contributed by atoms with van der Waals surface area (Å²) in [6.45, 7) is 3.63. The highest BCUT2D eigenvalue weighted by atomic mass is 35.5. The van der Waals surface area contributed by atoms with Gasteiger partial charge in [0.1, 0.15) is 0 Å². The maximum absolute atomic E-state index is 5.87. The predicted octanol–water partition coefficient (Wildman–Crippen LogP) is 2.57. The van der Waals surface area contributed by atoms with Crippen LogP contribution >= 0.6 is 11.6 Å². The molecular weight excluding hydrogens is 220 g/mol. The van der Waals surface area contributed by atoms with Crippen molar-refractivity contribution in [2.45, 2.75) is 19.3 Å². The van der Waals surface area contributed by atoms with Gasteiger partial charge in [-0.2, -0.15) is 0 Å². The molecule has 3 heteroatoms. The summed E-state index contributed by atoms with van der Waals surface area (Å²) in [5.41, 5.74) is 1.39. The van der Waals surface area contributed by atoms with Gasteiger partial charge in [-0.25, -0.2) is 0 Å². The van der Waals surface area contributed by atoms with Gasteiger partial charge in [0.25, 0.3) is 0 Å². The lowest BCUT2D eigenvalue weighted by Crippen LogP contribution is -2.22. The van der Waals surface area contributed by atoms with Gasteiger partial charge in [0, 0.05) is 24.8 Å². The Hall–Kier alpha value is -0.600. The molecule has 0 aromatic carbocycles. The van der Waals surface area contributed by atoms with E-state index in [1.54, 1.807) is 0 Å². The van der Waals surface area contributed by atoms with E-state index in [-0.39, 0.29) is 0 Å². The van der Waals surface area contributed by atoms with Crippen LogP contribution in [0.25, 0.3) is 0 Å². The molecule has 0 amide bonds. The number of aryl methyl sites for hydroxylation is 1. The number of pyridine rings is 1. The van der Waals surface area contributed by atoms with E-state index >= 15 is 0 Å². The Bertz CT molecular complexity index is 302. The van der Waals surface area contributed by atoms with Gasteiger partial charge in [-0.1, -0.05) is 0 Å². The molecule has 88 valence electrons. The van der Waals surface area contributed by atoms with Crippen LogP contribution in [0, 0.1) is 5.92 Å². The molecule has 0 radical (unpaired) electrons. The fraction of sp³-hybridized carbons (Fsp3) is 0.615. The summed E-state index contributed by atoms with van der Waals surface area (Å²) in [6.07, 6.45) is 7.41. The molecule has 1 aromatic heterocycles. The standard InChI is InChI=1S/C13H19ClN2/c14-10-13-5-9-16(11-13)8-1-2-12-3-6-15-7-4-12/h3-4,6-7,13H,1-2,5,8-11H2. The van der Waals surface area contributed by atoms with E-state index in [1.807, 2.05) is 12.4 Å². The number of rotatable bonds is 5. The first-order valence-electron chi connectivity index (χ1n) is 6.05. The highest BCUT2D eigenvalue weighted by molar-refractivity contribution is 6.18. The van der Waals surface area contributed by atoms with Gasteiger partial charge in [0.2, 0.25) is 0 Å². The monoisotopic (exact) mass is 238 g/mol. The topological polar surface area (TPSA) is 16.1 Å². The Morgan fingerprint density at radius 2 is 2.19 bits per heavy atom. The van der Waals surface area contributed by atoms with E-state index in [2.05, 4.69) is 22.0 Å². The summed E-state index contributed by atoms with van der Waals surface area (Å²) < 4.78 is 0. The Morgan fingerprint density at radius 1 is 1.38 bits per heavy atom. The number of hydrogen-bond donors (Lipinski definition) is 0. The lowest BCUT2D eigenvalue weighted by Gasteiger charge is -2.15. The van der Waals surface area contributed by atoms with Gasteiger partial charge in [-0.15, -0.1) is 11.6 Å². The molecule has 16 heavy (non-hydrogen) atoms. The molecule has 2 rings (SSSR count). The highest BCUT2D eigenvalue weighted by Gasteiger charge is 2.20. The molecule has 1 unspecified atom stereocenters. The lowest BCUT2D eigenvalue weighted by molar-refractivity contribution is 0.324. The molecule has 0 aliphatic carbocycles. The second-order valence-corrected chi connectivity index (χ2v) is 4.88. The number of halogens is 1. The minimum Gasteiger partial charge on any atom is -0.303 e. The predicted molar refractivity (Wildman–Crippen MR) is 67.8 cm³/mol. The molecule has 1 fully saturated rings. The van der Waals surface area contributed by atoms with Crippen molar-refractivity contribution < 1.29 is 0 Å². The summed E-state index contributed by atoms with van der Waals surface area (Å²) in [5, 5.41) is 0. The fourth-order valence-electron chi connectivity index (χ4n) is 2.30. The fourth-order valence-corrected chi connectivity index (χ4v) is 2.55. The van der Waals surface area contributed by atoms with E-state index in [9.17, 15) is 0 Å². The van der Waals surface area contributed by atoms with Gasteiger partial charge < -0.3 is 4.90 Å². The third kappa shape index (κ3) is 3.46. The van der Waals surface area contributed by atoms with E-state index in [4.69, 9.17) is 11.6 Å². The first kappa shape index (κ1) is 11.9. The average molecular weight is 239 g/mol. The van der Waals surface area contributed by atoms with Crippen molar-refractivity contribution >= 4 is 11.6 Å². The normalized spacial score (nSPS) is 21.4. The van der Waals surface area contributed by atoms with E-state index in [0.29, 0.717) is 0 Å². The van der Waals surface area contributed by atoms with Crippen molar-refractivity contribution in [3.05, 3.63) is 30.1 Å². The van der Waals surface area contributed by atoms with Crippen LogP contribution in [0.15, 0.2) is 24.5 Å². The van der Waals surface area contributed by atoms with E-state index in [0.717, 1.165) is 18.2 Å². The van der Waals surface area contributed by atoms with Crippen molar-refractivity contribution in [2.75, 3.05) is 25.5 Å². The summed E-state index contributed by atoms with van der Waals surface area (Å²) >= 11 is 5.87. The molecule has 0 bridgehead atoms. The van der Waals surface area contributed by atoms with Crippen molar-refractivity contribution in [1.29, 1.82) is 0 Å². The molecule has 1 aliphatic rings. The Morgan fingerprint density at radius 3 is 2.88 bits per heavy atom. The summed E-state index contributed by atoms with van der Waals surface area (Å²) in [5.74, 6) is 1.54. The number of nitrogens with zero attached hydrogens (tertiary/aromatic N) is 2.